The normalized spacial score (nSPS) is 21.4. The predicted octanol–water partition coefficient (Wildman–Crippen LogP) is 1.76. The van der Waals surface area contributed by atoms with Crippen molar-refractivity contribution < 1.29 is 9.90 Å². The number of β-amino-alcohol motifs (C(OH)–C–C–N with tert-alkyl or cyclic N) is 1. The summed E-state index contributed by atoms with van der Waals surface area (Å²) in [6.45, 7) is 0.960. The molecule has 4 heteroatoms. The Kier molecular flexibility index (Phi) is 2.10. The zero-order valence-electron chi connectivity index (χ0n) is 10.6. The molecular formula is C15H16N2O2. The van der Waals surface area contributed by atoms with Crippen LogP contribution in [0.3, 0.4) is 0 Å². The zero-order chi connectivity index (χ0) is 13.0. The summed E-state index contributed by atoms with van der Waals surface area (Å²) in [5, 5.41) is 11.3. The Morgan fingerprint density at radius 3 is 2.84 bits per heavy atom. The lowest BCUT2D eigenvalue weighted by Crippen LogP contribution is -2.64. The Labute approximate surface area is 111 Å². The Morgan fingerprint density at radius 2 is 2.11 bits per heavy atom. The van der Waals surface area contributed by atoms with Crippen LogP contribution in [-0.2, 0) is 0 Å². The first-order valence-electron chi connectivity index (χ1n) is 6.75. The van der Waals surface area contributed by atoms with Crippen LogP contribution in [0.25, 0.3) is 10.9 Å². The number of para-hydroxylation sites is 1. The number of nitrogens with zero attached hydrogens (tertiary/aromatic N) is 1. The summed E-state index contributed by atoms with van der Waals surface area (Å²) < 4.78 is 0. The Bertz CT molecular complexity index is 651. The predicted molar refractivity (Wildman–Crippen MR) is 71.9 cm³/mol. The second-order valence-electron chi connectivity index (χ2n) is 5.79. The van der Waals surface area contributed by atoms with Crippen LogP contribution in [0, 0.1) is 5.92 Å². The summed E-state index contributed by atoms with van der Waals surface area (Å²) in [5.74, 6) is 0.427. The number of nitrogens with one attached hydrogen (secondary N) is 1. The number of aromatic nitrogens is 1. The summed E-state index contributed by atoms with van der Waals surface area (Å²) >= 11 is 0. The molecule has 4 nitrogen and oxygen atoms in total. The molecule has 2 aromatic rings. The third-order valence-electron chi connectivity index (χ3n) is 4.37. The van der Waals surface area contributed by atoms with Gasteiger partial charge in [0, 0.05) is 11.6 Å². The molecule has 0 spiro atoms. The van der Waals surface area contributed by atoms with Gasteiger partial charge >= 0.3 is 0 Å². The molecule has 0 unspecified atom stereocenters. The van der Waals surface area contributed by atoms with Gasteiger partial charge in [-0.05, 0) is 30.9 Å². The Balaban J connectivity index is 1.60. The van der Waals surface area contributed by atoms with Gasteiger partial charge in [0.2, 0.25) is 0 Å². The number of aliphatic hydroxyl groups is 1. The van der Waals surface area contributed by atoms with Gasteiger partial charge in [-0.25, -0.2) is 0 Å². The number of hydrogen-bond acceptors (Lipinski definition) is 2. The number of likely N-dealkylation sites (tertiary alicyclic amines) is 1. The highest BCUT2D eigenvalue weighted by Crippen LogP contribution is 2.44. The maximum atomic E-state index is 12.5. The highest BCUT2D eigenvalue weighted by molar-refractivity contribution is 6.06. The van der Waals surface area contributed by atoms with Gasteiger partial charge in [-0.2, -0.15) is 0 Å². The lowest BCUT2D eigenvalue weighted by molar-refractivity contribution is -0.0957. The highest BCUT2D eigenvalue weighted by Gasteiger charge is 2.53. The zero-order valence-corrected chi connectivity index (χ0v) is 10.6. The number of rotatable bonds is 2. The molecule has 1 amide bonds. The van der Waals surface area contributed by atoms with E-state index in [0.29, 0.717) is 24.6 Å². The summed E-state index contributed by atoms with van der Waals surface area (Å²) in [6, 6.07) is 7.69. The minimum absolute atomic E-state index is 0.0124. The van der Waals surface area contributed by atoms with Crippen molar-refractivity contribution in [1.29, 1.82) is 0 Å². The van der Waals surface area contributed by atoms with Crippen LogP contribution in [-0.4, -0.2) is 39.6 Å². The van der Waals surface area contributed by atoms with Gasteiger partial charge < -0.3 is 15.0 Å². The van der Waals surface area contributed by atoms with E-state index in [4.69, 9.17) is 0 Å². The summed E-state index contributed by atoms with van der Waals surface area (Å²) in [5.41, 5.74) is 0.967. The van der Waals surface area contributed by atoms with Crippen LogP contribution in [0.15, 0.2) is 30.5 Å². The van der Waals surface area contributed by atoms with Gasteiger partial charge in [0.25, 0.3) is 5.91 Å². The van der Waals surface area contributed by atoms with Crippen molar-refractivity contribution in [3.8, 4) is 0 Å². The van der Waals surface area contributed by atoms with E-state index in [1.807, 2.05) is 30.5 Å². The molecule has 98 valence electrons. The minimum Gasteiger partial charge on any atom is -0.386 e. The second kappa shape index (κ2) is 3.61. The van der Waals surface area contributed by atoms with E-state index in [1.165, 1.54) is 0 Å². The van der Waals surface area contributed by atoms with Gasteiger partial charge in [-0.15, -0.1) is 0 Å². The first-order valence-corrected chi connectivity index (χ1v) is 6.75. The van der Waals surface area contributed by atoms with E-state index in [2.05, 4.69) is 4.98 Å². The average Bonchev–Trinajstić information content (AvgIpc) is 3.12. The highest BCUT2D eigenvalue weighted by atomic mass is 16.3. The van der Waals surface area contributed by atoms with Crippen LogP contribution >= 0.6 is 0 Å². The quantitative estimate of drug-likeness (QED) is 0.860. The molecule has 2 aliphatic rings. The summed E-state index contributed by atoms with van der Waals surface area (Å²) in [6.07, 6.45) is 4.05. The summed E-state index contributed by atoms with van der Waals surface area (Å²) in [4.78, 5) is 17.3. The van der Waals surface area contributed by atoms with Gasteiger partial charge in [-0.1, -0.05) is 12.1 Å². The molecule has 0 bridgehead atoms. The van der Waals surface area contributed by atoms with E-state index in [1.54, 1.807) is 4.90 Å². The molecule has 1 saturated carbocycles. The Morgan fingerprint density at radius 1 is 1.32 bits per heavy atom. The van der Waals surface area contributed by atoms with E-state index in [0.717, 1.165) is 23.7 Å². The van der Waals surface area contributed by atoms with Crippen molar-refractivity contribution in [1.82, 2.24) is 9.88 Å². The van der Waals surface area contributed by atoms with Crippen LogP contribution in [0.5, 0.6) is 0 Å². The van der Waals surface area contributed by atoms with Gasteiger partial charge in [0.1, 0.15) is 5.60 Å². The molecule has 0 atom stereocenters. The number of benzene rings is 1. The molecule has 19 heavy (non-hydrogen) atoms. The van der Waals surface area contributed by atoms with Crippen LogP contribution < -0.4 is 0 Å². The van der Waals surface area contributed by atoms with Gasteiger partial charge in [0.05, 0.1) is 24.2 Å². The maximum absolute atomic E-state index is 12.5. The molecule has 0 radical (unpaired) electrons. The smallest absolute Gasteiger partial charge is 0.256 e. The van der Waals surface area contributed by atoms with Crippen LogP contribution in [0.2, 0.25) is 0 Å². The number of H-pyrrole nitrogens is 1. The topological polar surface area (TPSA) is 56.3 Å². The van der Waals surface area contributed by atoms with Crippen molar-refractivity contribution in [3.63, 3.8) is 0 Å². The van der Waals surface area contributed by atoms with Crippen molar-refractivity contribution in [2.24, 2.45) is 5.92 Å². The Hall–Kier alpha value is -1.81. The lowest BCUT2D eigenvalue weighted by Gasteiger charge is -2.47. The molecule has 1 saturated heterocycles. The van der Waals surface area contributed by atoms with Crippen LogP contribution in [0.1, 0.15) is 23.2 Å². The van der Waals surface area contributed by atoms with E-state index < -0.39 is 5.60 Å². The SMILES string of the molecule is O=C(c1cccc2cc[nH]c12)N1CC(O)(C2CC2)C1. The molecule has 2 heterocycles. The summed E-state index contributed by atoms with van der Waals surface area (Å²) in [7, 11) is 0. The number of fused-ring (bicyclic) bond motifs is 1. The molecule has 1 aromatic carbocycles. The van der Waals surface area contributed by atoms with Gasteiger partial charge in [-0.3, -0.25) is 4.79 Å². The van der Waals surface area contributed by atoms with E-state index >= 15 is 0 Å². The van der Waals surface area contributed by atoms with Crippen molar-refractivity contribution in [3.05, 3.63) is 36.0 Å². The third-order valence-corrected chi connectivity index (χ3v) is 4.37. The number of hydrogen-bond donors (Lipinski definition) is 2. The first kappa shape index (κ1) is 11.1. The average molecular weight is 256 g/mol. The largest absolute Gasteiger partial charge is 0.386 e. The van der Waals surface area contributed by atoms with Crippen molar-refractivity contribution >= 4 is 16.8 Å². The number of aromatic amines is 1. The fourth-order valence-corrected chi connectivity index (χ4v) is 3.07. The molecule has 1 aliphatic carbocycles. The van der Waals surface area contributed by atoms with Crippen molar-refractivity contribution in [2.45, 2.75) is 18.4 Å². The molecule has 1 aliphatic heterocycles. The number of carbonyl (C=O) groups is 1. The second-order valence-corrected chi connectivity index (χ2v) is 5.79. The minimum atomic E-state index is -0.612. The molecule has 2 fully saturated rings. The van der Waals surface area contributed by atoms with Crippen molar-refractivity contribution in [2.75, 3.05) is 13.1 Å². The molecule has 4 rings (SSSR count). The van der Waals surface area contributed by atoms with Gasteiger partial charge in [0.15, 0.2) is 0 Å². The number of amides is 1. The molecular weight excluding hydrogens is 240 g/mol. The standard InChI is InChI=1S/C15H16N2O2/c18-14(17-8-15(19,9-17)11-4-5-11)12-3-1-2-10-6-7-16-13(10)12/h1-3,6-7,11,16,19H,4-5,8-9H2. The molecule has 2 N–H and O–H groups in total. The van der Waals surface area contributed by atoms with E-state index in [-0.39, 0.29) is 5.91 Å². The maximum Gasteiger partial charge on any atom is 0.256 e. The number of carbonyl (C=O) groups excluding carboxylic acids is 1. The first-order chi connectivity index (χ1) is 9.17. The fourth-order valence-electron chi connectivity index (χ4n) is 3.07. The monoisotopic (exact) mass is 256 g/mol. The fraction of sp³-hybridized carbons (Fsp3) is 0.400. The van der Waals surface area contributed by atoms with Crippen LogP contribution in [0.4, 0.5) is 0 Å². The molecule has 1 aromatic heterocycles. The van der Waals surface area contributed by atoms with E-state index in [9.17, 15) is 9.90 Å². The third kappa shape index (κ3) is 1.60. The lowest BCUT2D eigenvalue weighted by atomic mass is 9.88.